The van der Waals surface area contributed by atoms with E-state index in [1.807, 2.05) is 0 Å². The highest BCUT2D eigenvalue weighted by molar-refractivity contribution is 5.85. The van der Waals surface area contributed by atoms with Gasteiger partial charge < -0.3 is 16.4 Å². The van der Waals surface area contributed by atoms with E-state index in [1.165, 1.54) is 0 Å². The minimum absolute atomic E-state index is 0. The van der Waals surface area contributed by atoms with Crippen molar-refractivity contribution in [3.05, 3.63) is 0 Å². The molecule has 5 heteroatoms. The van der Waals surface area contributed by atoms with Gasteiger partial charge in [-0.05, 0) is 0 Å². The van der Waals surface area contributed by atoms with Crippen molar-refractivity contribution in [3.63, 3.8) is 0 Å². The zero-order valence-electron chi connectivity index (χ0n) is 1.91. The number of rotatable bonds is 0. The lowest BCUT2D eigenvalue weighted by molar-refractivity contribution is 0.823. The third-order valence-corrected chi connectivity index (χ3v) is 0. The third-order valence-electron chi connectivity index (χ3n) is 0. The van der Waals surface area contributed by atoms with Gasteiger partial charge in [0, 0.05) is 0 Å². The Labute approximate surface area is 52.2 Å². The molecule has 0 rings (SSSR count). The van der Waals surface area contributed by atoms with Crippen molar-refractivity contribution in [3.8, 4) is 0 Å². The topological polar surface area (TPSA) is 94.5 Å². The van der Waals surface area contributed by atoms with Crippen molar-refractivity contribution in [1.82, 2.24) is 0 Å². The van der Waals surface area contributed by atoms with Gasteiger partial charge >= 0.3 is 23.1 Å². The summed E-state index contributed by atoms with van der Waals surface area (Å²) < 4.78 is 0. The molecule has 0 saturated carbocycles. The third kappa shape index (κ3) is 48.6. The predicted octanol–water partition coefficient (Wildman–Crippen LogP) is -2.97. The molecular weight excluding hydrogens is 108 g/mol. The molecule has 0 aromatic heterocycles. The maximum atomic E-state index is 0. The Hall–Kier alpha value is 0.936. The van der Waals surface area contributed by atoms with E-state index >= 15 is 0 Å². The Morgan fingerprint density at radius 1 is 0.600 bits per heavy atom. The van der Waals surface area contributed by atoms with Crippen LogP contribution < -0.4 is 0 Å². The molecule has 0 saturated heterocycles. The van der Waals surface area contributed by atoms with Crippen LogP contribution in [0.2, 0.25) is 0 Å². The number of hydrogen-bond acceptors (Lipinski definition) is 0. The molecule has 0 atom stereocenters. The Morgan fingerprint density at radius 2 is 0.600 bits per heavy atom. The maximum absolute atomic E-state index is 0. The van der Waals surface area contributed by atoms with E-state index in [-0.39, 0.29) is 51.9 Å². The van der Waals surface area contributed by atoms with Gasteiger partial charge in [0.2, 0.25) is 0 Å². The molecule has 3 nitrogen and oxygen atoms in total. The molecule has 0 aliphatic rings. The van der Waals surface area contributed by atoms with Gasteiger partial charge in [-0.3, -0.25) is 0 Å². The molecule has 0 bridgehead atoms. The van der Waals surface area contributed by atoms with E-state index in [1.54, 1.807) is 0 Å². The van der Waals surface area contributed by atoms with Crippen LogP contribution in [0.25, 0.3) is 0 Å². The Kier molecular flexibility index (Phi) is 2880. The number of hydrogen-bond donors (Lipinski definition) is 0. The molecule has 36 valence electrons. The molecule has 5 heavy (non-hydrogen) atoms. The van der Waals surface area contributed by atoms with Crippen LogP contribution in [0.3, 0.4) is 0 Å². The lowest BCUT2D eigenvalue weighted by atomic mass is 16.0. The Balaban J connectivity index is 0. The van der Waals surface area contributed by atoms with Crippen molar-refractivity contribution in [2.75, 3.05) is 0 Å². The summed E-state index contributed by atoms with van der Waals surface area (Å²) in [6, 6.07) is 0. The fourth-order valence-corrected chi connectivity index (χ4v) is 0. The van der Waals surface area contributed by atoms with E-state index in [2.05, 4.69) is 0 Å². The second-order valence-corrected chi connectivity index (χ2v) is 0. The van der Waals surface area contributed by atoms with Crippen LogP contribution >= 0.6 is 12.4 Å². The SMILES string of the molecule is Cl.O.O.O.[MgH2]. The van der Waals surface area contributed by atoms with Gasteiger partial charge in [0.05, 0.1) is 0 Å². The summed E-state index contributed by atoms with van der Waals surface area (Å²) in [6.45, 7) is 0. The highest BCUT2D eigenvalue weighted by Crippen LogP contribution is 0.690. The smallest absolute Gasteiger partial charge is 0.316 e. The fourth-order valence-electron chi connectivity index (χ4n) is 0. The normalized spacial score (nSPS) is 0. The van der Waals surface area contributed by atoms with Gasteiger partial charge in [0.1, 0.15) is 0 Å². The van der Waals surface area contributed by atoms with E-state index < -0.39 is 0 Å². The molecular formula is H9ClMgO3. The molecule has 0 spiro atoms. The fraction of sp³-hybridized carbons (Fsp3) is 0. The van der Waals surface area contributed by atoms with Gasteiger partial charge in [0.15, 0.2) is 0 Å². The molecule has 6 N–H and O–H groups in total. The van der Waals surface area contributed by atoms with Gasteiger partial charge in [0.25, 0.3) is 0 Å². The monoisotopic (exact) mass is 116 g/mol. The van der Waals surface area contributed by atoms with Crippen molar-refractivity contribution in [2.45, 2.75) is 0 Å². The first-order valence-electron chi connectivity index (χ1n) is 0. The maximum Gasteiger partial charge on any atom is 0.316 e. The Morgan fingerprint density at radius 3 is 0.600 bits per heavy atom. The summed E-state index contributed by atoms with van der Waals surface area (Å²) in [5, 5.41) is 0. The van der Waals surface area contributed by atoms with E-state index in [0.29, 0.717) is 0 Å². The van der Waals surface area contributed by atoms with Crippen LogP contribution in [-0.2, 0) is 0 Å². The lowest BCUT2D eigenvalue weighted by Gasteiger charge is -0.413. The van der Waals surface area contributed by atoms with Crippen molar-refractivity contribution in [2.24, 2.45) is 0 Å². The van der Waals surface area contributed by atoms with Crippen LogP contribution in [0, 0.1) is 0 Å². The molecule has 0 amide bonds. The number of halogens is 1. The summed E-state index contributed by atoms with van der Waals surface area (Å²) in [4.78, 5) is 0. The molecule has 0 heterocycles. The quantitative estimate of drug-likeness (QED) is 0.303. The van der Waals surface area contributed by atoms with Gasteiger partial charge in [-0.25, -0.2) is 0 Å². The second-order valence-electron chi connectivity index (χ2n) is 0. The van der Waals surface area contributed by atoms with Crippen LogP contribution in [0.5, 0.6) is 0 Å². The Bertz CT molecular complexity index is 6.85. The standard InChI is InChI=1S/ClH.Mg.3H2O.2H/h1H;;3*1H2;;. The van der Waals surface area contributed by atoms with E-state index in [0.717, 1.165) is 0 Å². The average molecular weight is 117 g/mol. The molecule has 0 fully saturated rings. The van der Waals surface area contributed by atoms with Crippen LogP contribution in [0.1, 0.15) is 0 Å². The van der Waals surface area contributed by atoms with E-state index in [4.69, 9.17) is 0 Å². The summed E-state index contributed by atoms with van der Waals surface area (Å²) >= 11 is 0. The van der Waals surface area contributed by atoms with Gasteiger partial charge in [-0.1, -0.05) is 0 Å². The second kappa shape index (κ2) is 87.3. The molecule has 0 aromatic rings. The minimum atomic E-state index is 0. The first-order valence-corrected chi connectivity index (χ1v) is 0. The average Bonchev–Trinajstić information content (AvgIpc) is 0. The highest BCUT2D eigenvalue weighted by atomic mass is 35.5. The van der Waals surface area contributed by atoms with E-state index in [9.17, 15) is 0 Å². The van der Waals surface area contributed by atoms with Crippen LogP contribution in [-0.4, -0.2) is 39.5 Å². The molecule has 0 aromatic carbocycles. The summed E-state index contributed by atoms with van der Waals surface area (Å²) in [5.41, 5.74) is 0. The molecule has 0 radical (unpaired) electrons. The zero-order chi connectivity index (χ0) is 0. The molecule has 0 aliphatic heterocycles. The largest absolute Gasteiger partial charge is 0.412 e. The first-order chi connectivity index (χ1) is 0. The lowest BCUT2D eigenvalue weighted by Crippen LogP contribution is -0.381. The van der Waals surface area contributed by atoms with Crippen LogP contribution in [0.15, 0.2) is 0 Å². The van der Waals surface area contributed by atoms with Crippen molar-refractivity contribution in [1.29, 1.82) is 0 Å². The molecule has 0 aliphatic carbocycles. The van der Waals surface area contributed by atoms with Crippen molar-refractivity contribution < 1.29 is 16.4 Å². The van der Waals surface area contributed by atoms with Gasteiger partial charge in [-0.2, -0.15) is 0 Å². The summed E-state index contributed by atoms with van der Waals surface area (Å²) in [6.07, 6.45) is 0. The summed E-state index contributed by atoms with van der Waals surface area (Å²) in [5.74, 6) is 0. The highest BCUT2D eigenvalue weighted by Gasteiger charge is 0.316. The zero-order valence-corrected chi connectivity index (χ0v) is 2.72. The van der Waals surface area contributed by atoms with Gasteiger partial charge in [-0.15, -0.1) is 12.4 Å². The van der Waals surface area contributed by atoms with Crippen molar-refractivity contribution >= 4 is 35.5 Å². The molecule has 0 unspecified atom stereocenters. The summed E-state index contributed by atoms with van der Waals surface area (Å²) in [7, 11) is 0. The first kappa shape index (κ1) is 165. The predicted molar refractivity (Wildman–Crippen MR) is 26.6 cm³/mol. The van der Waals surface area contributed by atoms with Crippen LogP contribution in [0.4, 0.5) is 0 Å². The minimum Gasteiger partial charge on any atom is -0.412 e.